The SMILES string of the molecule is CC1(Br)CCCC(OC(=O)c2ccccc2)C1CS(=O)O. The predicted octanol–water partition coefficient (Wildman–Crippen LogP) is 3.39. The van der Waals surface area contributed by atoms with E-state index in [-0.39, 0.29) is 28.1 Å². The molecule has 4 nitrogen and oxygen atoms in total. The Hall–Kier alpha value is -0.720. The molecule has 1 aromatic carbocycles. The van der Waals surface area contributed by atoms with Gasteiger partial charge in [-0.2, -0.15) is 0 Å². The lowest BCUT2D eigenvalue weighted by Crippen LogP contribution is -2.46. The second-order valence-electron chi connectivity index (χ2n) is 5.57. The van der Waals surface area contributed by atoms with Crippen molar-refractivity contribution in [2.24, 2.45) is 5.92 Å². The van der Waals surface area contributed by atoms with Gasteiger partial charge in [-0.1, -0.05) is 34.1 Å². The van der Waals surface area contributed by atoms with Gasteiger partial charge in [0.05, 0.1) is 11.3 Å². The van der Waals surface area contributed by atoms with Gasteiger partial charge in [0.25, 0.3) is 0 Å². The van der Waals surface area contributed by atoms with Crippen LogP contribution in [0.15, 0.2) is 30.3 Å². The van der Waals surface area contributed by atoms with Crippen molar-refractivity contribution < 1.29 is 18.3 Å². The van der Waals surface area contributed by atoms with Crippen LogP contribution in [0.2, 0.25) is 0 Å². The lowest BCUT2D eigenvalue weighted by Gasteiger charge is -2.41. The highest BCUT2D eigenvalue weighted by atomic mass is 79.9. The standard InChI is InChI=1S/C15H19BrO4S/c1-15(16)9-5-8-13(12(15)10-21(18)19)20-14(17)11-6-3-2-4-7-11/h2-4,6-7,12-13H,5,8-10H2,1H3,(H,18,19). The lowest BCUT2D eigenvalue weighted by atomic mass is 9.79. The number of carbonyl (C=O) groups excluding carboxylic acids is 1. The molecule has 4 atom stereocenters. The Morgan fingerprint density at radius 3 is 2.76 bits per heavy atom. The fourth-order valence-electron chi connectivity index (χ4n) is 2.78. The Kier molecular flexibility index (Phi) is 5.57. The molecule has 0 amide bonds. The van der Waals surface area contributed by atoms with Crippen LogP contribution in [0.25, 0.3) is 0 Å². The third-order valence-corrected chi connectivity index (χ3v) is 5.60. The van der Waals surface area contributed by atoms with E-state index in [2.05, 4.69) is 15.9 Å². The van der Waals surface area contributed by atoms with Gasteiger partial charge in [-0.05, 0) is 38.3 Å². The molecule has 0 aromatic heterocycles. The maximum atomic E-state index is 12.2. The smallest absolute Gasteiger partial charge is 0.338 e. The van der Waals surface area contributed by atoms with Crippen molar-refractivity contribution >= 4 is 33.0 Å². The molecular weight excluding hydrogens is 356 g/mol. The van der Waals surface area contributed by atoms with Gasteiger partial charge in [-0.3, -0.25) is 0 Å². The van der Waals surface area contributed by atoms with Gasteiger partial charge < -0.3 is 9.29 Å². The zero-order valence-electron chi connectivity index (χ0n) is 11.8. The summed E-state index contributed by atoms with van der Waals surface area (Å²) in [4.78, 5) is 12.2. The summed E-state index contributed by atoms with van der Waals surface area (Å²) >= 11 is 1.73. The number of halogens is 1. The summed E-state index contributed by atoms with van der Waals surface area (Å²) in [5.41, 5.74) is 0.503. The molecule has 0 aliphatic heterocycles. The molecule has 116 valence electrons. The van der Waals surface area contributed by atoms with Crippen LogP contribution < -0.4 is 0 Å². The molecule has 1 N–H and O–H groups in total. The first kappa shape index (κ1) is 16.6. The molecule has 0 saturated heterocycles. The highest BCUT2D eigenvalue weighted by molar-refractivity contribution is 9.10. The molecule has 1 fully saturated rings. The Morgan fingerprint density at radius 2 is 2.14 bits per heavy atom. The lowest BCUT2D eigenvalue weighted by molar-refractivity contribution is -0.000289. The van der Waals surface area contributed by atoms with E-state index in [4.69, 9.17) is 4.74 Å². The van der Waals surface area contributed by atoms with Crippen molar-refractivity contribution in [3.63, 3.8) is 0 Å². The number of hydrogen-bond acceptors (Lipinski definition) is 3. The van der Waals surface area contributed by atoms with Crippen LogP contribution in [0.1, 0.15) is 36.5 Å². The summed E-state index contributed by atoms with van der Waals surface area (Å²) in [6.45, 7) is 1.99. The first-order chi connectivity index (χ1) is 9.90. The number of ether oxygens (including phenoxy) is 1. The molecule has 2 rings (SSSR count). The van der Waals surface area contributed by atoms with Crippen LogP contribution in [-0.4, -0.2) is 30.9 Å². The second-order valence-corrected chi connectivity index (χ2v) is 8.36. The number of esters is 1. The molecule has 1 aliphatic carbocycles. The predicted molar refractivity (Wildman–Crippen MR) is 86.0 cm³/mol. The van der Waals surface area contributed by atoms with Crippen molar-refractivity contribution in [2.75, 3.05) is 5.75 Å². The number of benzene rings is 1. The van der Waals surface area contributed by atoms with Crippen molar-refractivity contribution in [2.45, 2.75) is 36.6 Å². The molecular formula is C15H19BrO4S. The Bertz CT molecular complexity index is 518. The van der Waals surface area contributed by atoms with E-state index in [9.17, 15) is 13.6 Å². The Balaban J connectivity index is 2.12. The summed E-state index contributed by atoms with van der Waals surface area (Å²) in [5.74, 6) is -0.446. The van der Waals surface area contributed by atoms with Crippen molar-refractivity contribution in [1.29, 1.82) is 0 Å². The van der Waals surface area contributed by atoms with E-state index in [1.54, 1.807) is 24.3 Å². The summed E-state index contributed by atoms with van der Waals surface area (Å²) in [5, 5.41) is 0. The maximum Gasteiger partial charge on any atom is 0.338 e. The molecule has 0 heterocycles. The summed E-state index contributed by atoms with van der Waals surface area (Å²) in [6.07, 6.45) is 2.20. The monoisotopic (exact) mass is 374 g/mol. The third-order valence-electron chi connectivity index (χ3n) is 3.97. The highest BCUT2D eigenvalue weighted by Gasteiger charge is 2.43. The third kappa shape index (κ3) is 4.37. The van der Waals surface area contributed by atoms with Gasteiger partial charge in [-0.25, -0.2) is 9.00 Å². The molecule has 4 unspecified atom stereocenters. The normalized spacial score (nSPS) is 30.6. The van der Waals surface area contributed by atoms with Crippen LogP contribution in [0, 0.1) is 5.92 Å². The highest BCUT2D eigenvalue weighted by Crippen LogP contribution is 2.42. The molecule has 1 saturated carbocycles. The van der Waals surface area contributed by atoms with Crippen LogP contribution in [-0.2, 0) is 15.8 Å². The first-order valence-corrected chi connectivity index (χ1v) is 8.99. The fraction of sp³-hybridized carbons (Fsp3) is 0.533. The van der Waals surface area contributed by atoms with E-state index < -0.39 is 11.1 Å². The van der Waals surface area contributed by atoms with Crippen LogP contribution in [0.4, 0.5) is 0 Å². The zero-order valence-corrected chi connectivity index (χ0v) is 14.2. The van der Waals surface area contributed by atoms with Crippen molar-refractivity contribution in [3.8, 4) is 0 Å². The quantitative estimate of drug-likeness (QED) is 0.498. The minimum Gasteiger partial charge on any atom is -0.458 e. The largest absolute Gasteiger partial charge is 0.458 e. The van der Waals surface area contributed by atoms with E-state index in [1.807, 2.05) is 13.0 Å². The van der Waals surface area contributed by atoms with Gasteiger partial charge >= 0.3 is 5.97 Å². The molecule has 1 aromatic rings. The van der Waals surface area contributed by atoms with Gasteiger partial charge in [0, 0.05) is 10.2 Å². The van der Waals surface area contributed by atoms with Crippen molar-refractivity contribution in [1.82, 2.24) is 0 Å². The van der Waals surface area contributed by atoms with Gasteiger partial charge in [-0.15, -0.1) is 0 Å². The zero-order chi connectivity index (χ0) is 15.5. The minimum absolute atomic E-state index is 0.106. The molecule has 6 heteroatoms. The molecule has 21 heavy (non-hydrogen) atoms. The van der Waals surface area contributed by atoms with Gasteiger partial charge in [0.1, 0.15) is 6.10 Å². The summed E-state index contributed by atoms with van der Waals surface area (Å²) < 4.78 is 25.7. The van der Waals surface area contributed by atoms with E-state index in [0.29, 0.717) is 5.56 Å². The minimum atomic E-state index is -1.91. The van der Waals surface area contributed by atoms with Crippen LogP contribution >= 0.6 is 15.9 Å². The van der Waals surface area contributed by atoms with Crippen LogP contribution in [0.5, 0.6) is 0 Å². The molecule has 0 bridgehead atoms. The number of carbonyl (C=O) groups is 1. The van der Waals surface area contributed by atoms with Gasteiger partial charge in [0.15, 0.2) is 11.1 Å². The number of rotatable bonds is 4. The van der Waals surface area contributed by atoms with E-state index in [0.717, 1.165) is 19.3 Å². The topological polar surface area (TPSA) is 63.6 Å². The summed E-state index contributed by atoms with van der Waals surface area (Å²) in [7, 11) is 0. The molecule has 0 spiro atoms. The molecule has 0 radical (unpaired) electrons. The van der Waals surface area contributed by atoms with Crippen molar-refractivity contribution in [3.05, 3.63) is 35.9 Å². The average Bonchev–Trinajstić information content (AvgIpc) is 2.43. The van der Waals surface area contributed by atoms with Gasteiger partial charge in [0.2, 0.25) is 0 Å². The summed E-state index contributed by atoms with van der Waals surface area (Å²) in [6, 6.07) is 8.82. The maximum absolute atomic E-state index is 12.2. The number of hydrogen-bond donors (Lipinski definition) is 1. The Morgan fingerprint density at radius 1 is 1.48 bits per heavy atom. The Labute approximate surface area is 135 Å². The first-order valence-electron chi connectivity index (χ1n) is 6.92. The van der Waals surface area contributed by atoms with E-state index in [1.165, 1.54) is 0 Å². The number of alkyl halides is 1. The average molecular weight is 375 g/mol. The van der Waals surface area contributed by atoms with Crippen LogP contribution in [0.3, 0.4) is 0 Å². The molecule has 1 aliphatic rings. The second kappa shape index (κ2) is 7.03. The van der Waals surface area contributed by atoms with E-state index >= 15 is 0 Å². The fourth-order valence-corrected chi connectivity index (χ4v) is 4.62.